The quantitative estimate of drug-likeness (QED) is 0.796. The molecule has 2 aromatic heterocycles. The second-order valence-corrected chi connectivity index (χ2v) is 6.31. The van der Waals surface area contributed by atoms with Crippen molar-refractivity contribution in [1.29, 1.82) is 0 Å². The highest BCUT2D eigenvalue weighted by molar-refractivity contribution is 5.77. The highest BCUT2D eigenvalue weighted by Crippen LogP contribution is 2.10. The number of piperazine rings is 1. The Morgan fingerprint density at radius 1 is 1.29 bits per heavy atom. The minimum atomic E-state index is 0.118. The maximum atomic E-state index is 12.3. The minimum Gasteiger partial charge on any atom is -0.467 e. The Morgan fingerprint density at radius 2 is 2.04 bits per heavy atom. The van der Waals surface area contributed by atoms with Gasteiger partial charge in [-0.25, -0.2) is 0 Å². The maximum Gasteiger partial charge on any atom is 0.236 e. The number of aryl methyl sites for hydroxylation is 1. The van der Waals surface area contributed by atoms with Crippen molar-refractivity contribution in [2.24, 2.45) is 0 Å². The molecule has 0 unspecified atom stereocenters. The Bertz CT molecular complexity index is 645. The summed E-state index contributed by atoms with van der Waals surface area (Å²) in [6.45, 7) is 7.30. The molecule has 3 heterocycles. The average molecular weight is 332 g/mol. The summed E-state index contributed by atoms with van der Waals surface area (Å²) >= 11 is 0. The Labute approximate surface area is 141 Å². The summed E-state index contributed by atoms with van der Waals surface area (Å²) in [6.07, 6.45) is 1.63. The molecular formula is C17H24N4O3. The number of rotatable bonds is 6. The molecule has 1 aliphatic rings. The van der Waals surface area contributed by atoms with Crippen molar-refractivity contribution in [2.75, 3.05) is 39.8 Å². The average Bonchev–Trinajstić information content (AvgIpc) is 3.21. The molecule has 24 heavy (non-hydrogen) atoms. The van der Waals surface area contributed by atoms with E-state index in [1.54, 1.807) is 11.2 Å². The van der Waals surface area contributed by atoms with Crippen molar-refractivity contribution in [2.45, 2.75) is 20.0 Å². The van der Waals surface area contributed by atoms with Gasteiger partial charge >= 0.3 is 0 Å². The number of amides is 1. The Kier molecular flexibility index (Phi) is 5.32. The molecule has 130 valence electrons. The van der Waals surface area contributed by atoms with Crippen LogP contribution in [0.3, 0.4) is 0 Å². The van der Waals surface area contributed by atoms with Gasteiger partial charge in [0.2, 0.25) is 5.91 Å². The molecule has 1 saturated heterocycles. The third-order valence-corrected chi connectivity index (χ3v) is 4.29. The van der Waals surface area contributed by atoms with E-state index in [-0.39, 0.29) is 5.91 Å². The molecule has 3 rings (SSSR count). The largest absolute Gasteiger partial charge is 0.467 e. The Morgan fingerprint density at radius 3 is 2.67 bits per heavy atom. The molecule has 0 saturated carbocycles. The number of furan rings is 1. The van der Waals surface area contributed by atoms with Gasteiger partial charge in [-0.15, -0.1) is 0 Å². The highest BCUT2D eigenvalue weighted by atomic mass is 16.5. The van der Waals surface area contributed by atoms with Crippen LogP contribution in [-0.4, -0.2) is 65.5 Å². The second kappa shape index (κ2) is 7.63. The number of hydrogen-bond acceptors (Lipinski definition) is 6. The number of carbonyl (C=O) groups is 1. The van der Waals surface area contributed by atoms with E-state index >= 15 is 0 Å². The first-order valence-corrected chi connectivity index (χ1v) is 8.23. The van der Waals surface area contributed by atoms with Crippen LogP contribution in [0, 0.1) is 6.92 Å². The molecule has 1 amide bonds. The van der Waals surface area contributed by atoms with Crippen molar-refractivity contribution in [3.8, 4) is 0 Å². The summed E-state index contributed by atoms with van der Waals surface area (Å²) < 4.78 is 10.4. The number of hydrogen-bond donors (Lipinski definition) is 0. The molecule has 7 heteroatoms. The lowest BCUT2D eigenvalue weighted by Crippen LogP contribution is -2.49. The first-order chi connectivity index (χ1) is 11.6. The van der Waals surface area contributed by atoms with E-state index in [0.29, 0.717) is 13.1 Å². The van der Waals surface area contributed by atoms with Crippen LogP contribution < -0.4 is 0 Å². The third kappa shape index (κ3) is 4.46. The summed E-state index contributed by atoms with van der Waals surface area (Å²) in [5, 5.41) is 4.04. The standard InChI is InChI=1S/C17H24N4O3/c1-14-10-15(18-24-14)11-20-5-7-21(8-6-20)13-17(22)19(2)12-16-4-3-9-23-16/h3-4,9-10H,5-8,11-13H2,1-2H3. The summed E-state index contributed by atoms with van der Waals surface area (Å²) in [5.41, 5.74) is 0.968. The molecule has 0 spiro atoms. The van der Waals surface area contributed by atoms with Crippen LogP contribution in [0.1, 0.15) is 17.2 Å². The number of aromatic nitrogens is 1. The molecule has 0 atom stereocenters. The van der Waals surface area contributed by atoms with E-state index in [2.05, 4.69) is 15.0 Å². The van der Waals surface area contributed by atoms with Crippen LogP contribution in [-0.2, 0) is 17.9 Å². The van der Waals surface area contributed by atoms with Crippen molar-refractivity contribution in [1.82, 2.24) is 19.9 Å². The van der Waals surface area contributed by atoms with Gasteiger partial charge in [-0.2, -0.15) is 0 Å². The topological polar surface area (TPSA) is 66.0 Å². The van der Waals surface area contributed by atoms with E-state index in [4.69, 9.17) is 8.94 Å². The Hall–Kier alpha value is -2.12. The first-order valence-electron chi connectivity index (χ1n) is 8.23. The van der Waals surface area contributed by atoms with Crippen LogP contribution in [0.25, 0.3) is 0 Å². The van der Waals surface area contributed by atoms with Crippen LogP contribution in [0.2, 0.25) is 0 Å². The number of likely N-dealkylation sites (N-methyl/N-ethyl adjacent to an activating group) is 1. The van der Waals surface area contributed by atoms with E-state index in [9.17, 15) is 4.79 Å². The smallest absolute Gasteiger partial charge is 0.236 e. The van der Waals surface area contributed by atoms with Crippen LogP contribution in [0.4, 0.5) is 0 Å². The highest BCUT2D eigenvalue weighted by Gasteiger charge is 2.21. The zero-order chi connectivity index (χ0) is 16.9. The predicted octanol–water partition coefficient (Wildman–Crippen LogP) is 1.35. The fraction of sp³-hybridized carbons (Fsp3) is 0.529. The van der Waals surface area contributed by atoms with Crippen molar-refractivity contribution >= 4 is 5.91 Å². The second-order valence-electron chi connectivity index (χ2n) is 6.31. The fourth-order valence-corrected chi connectivity index (χ4v) is 2.86. The van der Waals surface area contributed by atoms with E-state index in [1.165, 1.54) is 0 Å². The van der Waals surface area contributed by atoms with E-state index < -0.39 is 0 Å². The SMILES string of the molecule is Cc1cc(CN2CCN(CC(=O)N(C)Cc3ccco3)CC2)no1. The molecule has 0 aromatic carbocycles. The predicted molar refractivity (Wildman–Crippen MR) is 88.1 cm³/mol. The van der Waals surface area contributed by atoms with E-state index in [1.807, 2.05) is 32.2 Å². The normalized spacial score (nSPS) is 16.4. The number of nitrogens with zero attached hydrogens (tertiary/aromatic N) is 4. The molecule has 0 aliphatic carbocycles. The molecule has 0 radical (unpaired) electrons. The lowest BCUT2D eigenvalue weighted by Gasteiger charge is -2.34. The van der Waals surface area contributed by atoms with Gasteiger partial charge < -0.3 is 13.8 Å². The van der Waals surface area contributed by atoms with E-state index in [0.717, 1.165) is 49.9 Å². The molecule has 7 nitrogen and oxygen atoms in total. The molecule has 1 aliphatic heterocycles. The van der Waals surface area contributed by atoms with Crippen LogP contribution >= 0.6 is 0 Å². The van der Waals surface area contributed by atoms with Gasteiger partial charge in [-0.3, -0.25) is 14.6 Å². The summed E-state index contributed by atoms with van der Waals surface area (Å²) in [7, 11) is 1.81. The van der Waals surface area contributed by atoms with Gasteiger partial charge in [0.05, 0.1) is 25.0 Å². The fourth-order valence-electron chi connectivity index (χ4n) is 2.86. The summed E-state index contributed by atoms with van der Waals surface area (Å²) in [6, 6.07) is 5.69. The minimum absolute atomic E-state index is 0.118. The van der Waals surface area contributed by atoms with Crippen LogP contribution in [0.15, 0.2) is 33.4 Å². The molecule has 0 N–H and O–H groups in total. The van der Waals surface area contributed by atoms with Crippen molar-refractivity contribution in [3.05, 3.63) is 41.7 Å². The third-order valence-electron chi connectivity index (χ3n) is 4.29. The maximum absolute atomic E-state index is 12.3. The summed E-state index contributed by atoms with van der Waals surface area (Å²) in [4.78, 5) is 18.6. The van der Waals surface area contributed by atoms with Crippen LogP contribution in [0.5, 0.6) is 0 Å². The summed E-state index contributed by atoms with van der Waals surface area (Å²) in [5.74, 6) is 1.76. The first kappa shape index (κ1) is 16.7. The van der Waals surface area contributed by atoms with Gasteiger partial charge in [-0.1, -0.05) is 5.16 Å². The number of carbonyl (C=O) groups excluding carboxylic acids is 1. The van der Waals surface area contributed by atoms with Gasteiger partial charge in [0.15, 0.2) is 0 Å². The van der Waals surface area contributed by atoms with Gasteiger partial charge in [0.1, 0.15) is 11.5 Å². The van der Waals surface area contributed by atoms with Crippen molar-refractivity contribution < 1.29 is 13.7 Å². The van der Waals surface area contributed by atoms with Crippen molar-refractivity contribution in [3.63, 3.8) is 0 Å². The van der Waals surface area contributed by atoms with Gasteiger partial charge in [-0.05, 0) is 19.1 Å². The van der Waals surface area contributed by atoms with Gasteiger partial charge in [0.25, 0.3) is 0 Å². The van der Waals surface area contributed by atoms with Gasteiger partial charge in [0, 0.05) is 45.8 Å². The molecule has 2 aromatic rings. The molecule has 0 bridgehead atoms. The Balaban J connectivity index is 1.40. The zero-order valence-electron chi connectivity index (χ0n) is 14.3. The zero-order valence-corrected chi connectivity index (χ0v) is 14.3. The monoisotopic (exact) mass is 332 g/mol. The lowest BCUT2D eigenvalue weighted by atomic mass is 10.2. The lowest BCUT2D eigenvalue weighted by molar-refractivity contribution is -0.132. The molecular weight excluding hydrogens is 308 g/mol. The molecule has 1 fully saturated rings.